The summed E-state index contributed by atoms with van der Waals surface area (Å²) in [6.07, 6.45) is 3.41. The van der Waals surface area contributed by atoms with E-state index in [0.717, 1.165) is 5.56 Å². The fraction of sp³-hybridized carbons (Fsp3) is 0.241. The highest BCUT2D eigenvalue weighted by atomic mass is 16.5. The summed E-state index contributed by atoms with van der Waals surface area (Å²) in [7, 11) is 1.25. The van der Waals surface area contributed by atoms with Crippen LogP contribution in [-0.2, 0) is 22.4 Å². The van der Waals surface area contributed by atoms with Gasteiger partial charge >= 0.3 is 5.97 Å². The summed E-state index contributed by atoms with van der Waals surface area (Å²) in [6.45, 7) is 0.227. The molecule has 0 saturated heterocycles. The number of H-pyrrole nitrogens is 1. The smallest absolute Gasteiger partial charge is 0.328 e. The van der Waals surface area contributed by atoms with E-state index in [2.05, 4.69) is 51.2 Å². The van der Waals surface area contributed by atoms with Crippen LogP contribution >= 0.6 is 0 Å². The minimum atomic E-state index is -0.917. The Hall–Kier alpha value is -6.26. The Morgan fingerprint density at radius 3 is 2.52 bits per heavy atom. The van der Waals surface area contributed by atoms with Crippen molar-refractivity contribution in [2.75, 3.05) is 30.9 Å². The number of amides is 2. The summed E-state index contributed by atoms with van der Waals surface area (Å²) in [4.78, 5) is 55.0. The number of aromatic amines is 1. The molecular weight excluding hydrogens is 594 g/mol. The van der Waals surface area contributed by atoms with Gasteiger partial charge in [0.05, 0.1) is 24.6 Å². The number of nitrogens with zero attached hydrogens (tertiary/aromatic N) is 7. The Morgan fingerprint density at radius 2 is 1.78 bits per heavy atom. The maximum atomic E-state index is 13.0. The minimum Gasteiger partial charge on any atom is -0.467 e. The number of benzene rings is 2. The number of hydrogen-bond acceptors (Lipinski definition) is 14. The van der Waals surface area contributed by atoms with Crippen molar-refractivity contribution in [1.29, 1.82) is 0 Å². The molecule has 5 aromatic rings. The molecule has 0 aliphatic heterocycles. The maximum absolute atomic E-state index is 13.0. The van der Waals surface area contributed by atoms with Gasteiger partial charge in [0.2, 0.25) is 5.95 Å². The van der Waals surface area contributed by atoms with Gasteiger partial charge in [0.25, 0.3) is 11.8 Å². The number of ether oxygens (including phenoxy) is 1. The summed E-state index contributed by atoms with van der Waals surface area (Å²) >= 11 is 0. The number of aryl methyl sites for hydroxylation is 2. The summed E-state index contributed by atoms with van der Waals surface area (Å²) in [5, 5.41) is 19.1. The minimum absolute atomic E-state index is 0.0325. The number of carbonyl (C=O) groups excluding carboxylic acids is 3. The first kappa shape index (κ1) is 31.2. The van der Waals surface area contributed by atoms with Gasteiger partial charge in [-0.3, -0.25) is 9.59 Å². The lowest BCUT2D eigenvalue weighted by Gasteiger charge is -2.17. The van der Waals surface area contributed by atoms with E-state index in [1.54, 1.807) is 36.5 Å². The second kappa shape index (κ2) is 14.0. The van der Waals surface area contributed by atoms with Crippen LogP contribution in [0.4, 0.5) is 17.5 Å². The van der Waals surface area contributed by atoms with Crippen LogP contribution in [0.2, 0.25) is 0 Å². The van der Waals surface area contributed by atoms with Crippen LogP contribution in [0.1, 0.15) is 44.8 Å². The third-order valence-electron chi connectivity index (χ3n) is 7.02. The van der Waals surface area contributed by atoms with Crippen molar-refractivity contribution < 1.29 is 19.1 Å². The molecule has 5 rings (SSSR count). The second-order valence-corrected chi connectivity index (χ2v) is 10.2. The van der Waals surface area contributed by atoms with Crippen molar-refractivity contribution in [1.82, 2.24) is 51.2 Å². The normalized spacial score (nSPS) is 11.6. The number of nitrogens with two attached hydrogens (primary N) is 3. The molecule has 17 heteroatoms. The van der Waals surface area contributed by atoms with Crippen LogP contribution < -0.4 is 27.8 Å². The molecule has 0 unspecified atom stereocenters. The van der Waals surface area contributed by atoms with Gasteiger partial charge in [-0.2, -0.15) is 9.97 Å². The Morgan fingerprint density at radius 1 is 0.978 bits per heavy atom. The highest BCUT2D eigenvalue weighted by Gasteiger charge is 2.22. The van der Waals surface area contributed by atoms with Crippen molar-refractivity contribution >= 4 is 46.4 Å². The number of nitrogen functional groups attached to an aromatic ring is 3. The molecule has 0 aliphatic carbocycles. The molecule has 1 atom stereocenters. The average Bonchev–Trinajstić information content (AvgIpc) is 3.60. The number of fused-ring (bicyclic) bond motifs is 1. The first-order valence-corrected chi connectivity index (χ1v) is 14.2. The molecule has 3 aromatic heterocycles. The van der Waals surface area contributed by atoms with E-state index in [4.69, 9.17) is 21.9 Å². The third-order valence-corrected chi connectivity index (χ3v) is 7.02. The number of rotatable bonds is 12. The molecule has 0 fully saturated rings. The van der Waals surface area contributed by atoms with Gasteiger partial charge in [-0.1, -0.05) is 12.1 Å². The van der Waals surface area contributed by atoms with Crippen LogP contribution in [-0.4, -0.2) is 78.0 Å². The standard InChI is InChI=1S/C29H31N13O4/c1-46-28(45)21(3-2-12-33-27(44)19-11-9-17(30)13-20(19)24-39-41-42-40-24)36-26(43)16-7-4-15(5-8-16)6-10-18-14-34-25-22(35-18)23(31)37-29(32)38-25/h4-5,7-9,11,13-14,21H,2-3,6,10,12,30H2,1H3,(H,33,44)(H,36,43)(H,39,40,41,42)(H4,31,32,34,37,38)/t21-/m0/s1. The molecule has 0 spiro atoms. The molecule has 0 radical (unpaired) electrons. The Bertz CT molecular complexity index is 1860. The molecule has 0 saturated carbocycles. The Labute approximate surface area is 261 Å². The molecule has 2 aromatic carbocycles. The van der Waals surface area contributed by atoms with Crippen molar-refractivity contribution in [3.05, 3.63) is 71.0 Å². The van der Waals surface area contributed by atoms with E-state index in [-0.39, 0.29) is 30.6 Å². The molecule has 2 amide bonds. The van der Waals surface area contributed by atoms with Gasteiger partial charge in [0, 0.05) is 23.4 Å². The lowest BCUT2D eigenvalue weighted by molar-refractivity contribution is -0.143. The number of hydrogen-bond donors (Lipinski definition) is 6. The van der Waals surface area contributed by atoms with Gasteiger partial charge in [0.1, 0.15) is 6.04 Å². The predicted octanol–water partition coefficient (Wildman–Crippen LogP) is 0.613. The number of esters is 1. The van der Waals surface area contributed by atoms with Gasteiger partial charge in [-0.05, 0) is 72.0 Å². The van der Waals surface area contributed by atoms with E-state index >= 15 is 0 Å². The Balaban J connectivity index is 1.13. The zero-order chi connectivity index (χ0) is 32.6. The largest absolute Gasteiger partial charge is 0.467 e. The highest BCUT2D eigenvalue weighted by molar-refractivity contribution is 6.00. The van der Waals surface area contributed by atoms with Gasteiger partial charge < -0.3 is 32.6 Å². The van der Waals surface area contributed by atoms with E-state index in [9.17, 15) is 14.4 Å². The van der Waals surface area contributed by atoms with Crippen LogP contribution in [0.5, 0.6) is 0 Å². The van der Waals surface area contributed by atoms with Crippen molar-refractivity contribution in [2.45, 2.75) is 31.7 Å². The van der Waals surface area contributed by atoms with Crippen molar-refractivity contribution in [3.63, 3.8) is 0 Å². The first-order valence-electron chi connectivity index (χ1n) is 14.2. The average molecular weight is 626 g/mol. The number of anilines is 3. The second-order valence-electron chi connectivity index (χ2n) is 10.2. The number of methoxy groups -OCH3 is 1. The lowest BCUT2D eigenvalue weighted by atomic mass is 10.0. The first-order chi connectivity index (χ1) is 22.2. The molecule has 9 N–H and O–H groups in total. The van der Waals surface area contributed by atoms with Gasteiger partial charge in [-0.25, -0.2) is 19.9 Å². The maximum Gasteiger partial charge on any atom is 0.328 e. The summed E-state index contributed by atoms with van der Waals surface area (Å²) in [5.41, 5.74) is 21.3. The molecule has 17 nitrogen and oxygen atoms in total. The van der Waals surface area contributed by atoms with Crippen LogP contribution in [0.25, 0.3) is 22.6 Å². The zero-order valence-corrected chi connectivity index (χ0v) is 24.7. The van der Waals surface area contributed by atoms with Crippen molar-refractivity contribution in [2.24, 2.45) is 0 Å². The number of aromatic nitrogens is 8. The van der Waals surface area contributed by atoms with Gasteiger partial charge in [0.15, 0.2) is 22.8 Å². The fourth-order valence-electron chi connectivity index (χ4n) is 4.66. The van der Waals surface area contributed by atoms with Gasteiger partial charge in [-0.15, -0.1) is 5.10 Å². The van der Waals surface area contributed by atoms with Crippen LogP contribution in [0.3, 0.4) is 0 Å². The monoisotopic (exact) mass is 625 g/mol. The van der Waals surface area contributed by atoms with Crippen LogP contribution in [0, 0.1) is 0 Å². The molecule has 46 heavy (non-hydrogen) atoms. The summed E-state index contributed by atoms with van der Waals surface area (Å²) in [6, 6.07) is 10.8. The molecule has 0 aliphatic rings. The molecule has 3 heterocycles. The van der Waals surface area contributed by atoms with E-state index < -0.39 is 17.9 Å². The number of tetrazole rings is 1. The topological polar surface area (TPSA) is 269 Å². The summed E-state index contributed by atoms with van der Waals surface area (Å²) < 4.78 is 4.89. The van der Waals surface area contributed by atoms with Crippen LogP contribution in [0.15, 0.2) is 48.7 Å². The zero-order valence-electron chi connectivity index (χ0n) is 24.7. The lowest BCUT2D eigenvalue weighted by Crippen LogP contribution is -2.42. The fourth-order valence-corrected chi connectivity index (χ4v) is 4.66. The number of nitrogens with one attached hydrogen (secondary N) is 3. The SMILES string of the molecule is COC(=O)[C@H](CCCNC(=O)c1ccc(N)cc1-c1nnn[nH]1)NC(=O)c1ccc(CCc2cnc3nc(N)nc(N)c3n2)cc1. The van der Waals surface area contributed by atoms with E-state index in [1.807, 2.05) is 12.1 Å². The molecule has 236 valence electrons. The summed E-state index contributed by atoms with van der Waals surface area (Å²) in [5.74, 6) is -0.915. The third kappa shape index (κ3) is 7.44. The van der Waals surface area contributed by atoms with E-state index in [1.165, 1.54) is 7.11 Å². The molecular formula is C29H31N13O4. The highest BCUT2D eigenvalue weighted by Crippen LogP contribution is 2.22. The van der Waals surface area contributed by atoms with E-state index in [0.29, 0.717) is 64.3 Å². The quantitative estimate of drug-likeness (QED) is 0.0630. The number of carbonyl (C=O) groups is 3. The predicted molar refractivity (Wildman–Crippen MR) is 167 cm³/mol. The van der Waals surface area contributed by atoms with Crippen molar-refractivity contribution in [3.8, 4) is 11.4 Å². The molecule has 0 bridgehead atoms. The Kier molecular flexibility index (Phi) is 9.50.